The number of nitrogens with zero attached hydrogens (tertiary/aromatic N) is 2. The zero-order chi connectivity index (χ0) is 23.3. The van der Waals surface area contributed by atoms with Crippen LogP contribution in [0.5, 0.6) is 0 Å². The van der Waals surface area contributed by atoms with Crippen molar-refractivity contribution >= 4 is 32.6 Å². The number of benzene rings is 1. The Morgan fingerprint density at radius 3 is 1.94 bits per heavy atom. The molecule has 1 aliphatic heterocycles. The Morgan fingerprint density at radius 1 is 1.03 bits per heavy atom. The predicted octanol–water partition coefficient (Wildman–Crippen LogP) is 6.24. The normalized spacial score (nSPS) is 18.5. The molecule has 0 N–H and O–H groups in total. The van der Waals surface area contributed by atoms with Crippen molar-refractivity contribution in [2.24, 2.45) is 10.2 Å². The van der Waals surface area contributed by atoms with Gasteiger partial charge in [-0.15, -0.1) is 0 Å². The standard InChI is InChI=1S/C19H29ClN2O7P2/c1-6-26-30(24,27-7-2)19(31(25,28-8-3)29-9-4)13-17(21-22-19)18(23)15-11-10-14(5)16(20)12-15/h10-12,17H,6-9,13H2,1-5H3. The second-order valence-electron chi connectivity index (χ2n) is 6.70. The van der Waals surface area contributed by atoms with E-state index >= 15 is 0 Å². The van der Waals surface area contributed by atoms with Crippen molar-refractivity contribution in [2.75, 3.05) is 26.4 Å². The summed E-state index contributed by atoms with van der Waals surface area (Å²) in [7, 11) is -8.43. The molecule has 31 heavy (non-hydrogen) atoms. The maximum atomic E-state index is 13.9. The summed E-state index contributed by atoms with van der Waals surface area (Å²) < 4.78 is 49.7. The molecule has 0 spiro atoms. The van der Waals surface area contributed by atoms with E-state index in [9.17, 15) is 13.9 Å². The molecule has 0 aliphatic carbocycles. The lowest BCUT2D eigenvalue weighted by molar-refractivity contribution is 0.0960. The van der Waals surface area contributed by atoms with Crippen molar-refractivity contribution in [3.63, 3.8) is 0 Å². The minimum atomic E-state index is -4.22. The molecule has 1 unspecified atom stereocenters. The second kappa shape index (κ2) is 10.8. The average Bonchev–Trinajstić information content (AvgIpc) is 3.18. The molecule has 174 valence electrons. The van der Waals surface area contributed by atoms with Crippen LogP contribution in [0.25, 0.3) is 0 Å². The first kappa shape index (κ1) is 26.3. The molecule has 0 bridgehead atoms. The van der Waals surface area contributed by atoms with E-state index in [1.165, 1.54) is 6.07 Å². The number of azo groups is 1. The van der Waals surface area contributed by atoms with Gasteiger partial charge in [-0.3, -0.25) is 13.9 Å². The van der Waals surface area contributed by atoms with E-state index in [2.05, 4.69) is 10.2 Å². The lowest BCUT2D eigenvalue weighted by atomic mass is 10.0. The third kappa shape index (κ3) is 5.03. The smallest absolute Gasteiger partial charge is 0.307 e. The highest BCUT2D eigenvalue weighted by Gasteiger charge is 2.69. The molecule has 0 radical (unpaired) electrons. The molecule has 0 fully saturated rings. The fraction of sp³-hybridized carbons (Fsp3) is 0.632. The minimum absolute atomic E-state index is 0.00101. The van der Waals surface area contributed by atoms with Crippen LogP contribution in [0, 0.1) is 6.92 Å². The topological polar surface area (TPSA) is 113 Å². The SMILES string of the molecule is CCOP(=O)(OCC)C1(P(=O)(OCC)OCC)CC(C(=O)c2ccc(C)c(Cl)c2)N=N1. The summed E-state index contributed by atoms with van der Waals surface area (Å²) in [4.78, 5) is 13.1. The van der Waals surface area contributed by atoms with Crippen LogP contribution >= 0.6 is 26.8 Å². The molecule has 1 atom stereocenters. The first-order valence-corrected chi connectivity index (χ1v) is 13.6. The largest absolute Gasteiger partial charge is 0.372 e. The lowest BCUT2D eigenvalue weighted by Gasteiger charge is -2.36. The number of hydrogen-bond acceptors (Lipinski definition) is 9. The first-order valence-electron chi connectivity index (χ1n) is 10.1. The summed E-state index contributed by atoms with van der Waals surface area (Å²) in [5, 5.41) is 6.48. The summed E-state index contributed by atoms with van der Waals surface area (Å²) in [5.74, 6) is -0.411. The van der Waals surface area contributed by atoms with E-state index in [1.54, 1.807) is 39.8 Å². The van der Waals surface area contributed by atoms with Gasteiger partial charge in [0.2, 0.25) is 0 Å². The Kier molecular flexibility index (Phi) is 9.17. The zero-order valence-corrected chi connectivity index (χ0v) is 20.9. The van der Waals surface area contributed by atoms with Gasteiger partial charge in [-0.05, 0) is 46.2 Å². The third-order valence-electron chi connectivity index (χ3n) is 4.66. The number of Topliss-reactive ketones (excluding diaryl/α,β-unsaturated/α-hetero) is 1. The maximum absolute atomic E-state index is 13.9. The number of carbonyl (C=O) groups excluding carboxylic acids is 1. The molecule has 0 aromatic heterocycles. The Balaban J connectivity index is 2.56. The second-order valence-corrected chi connectivity index (χ2v) is 12.0. The van der Waals surface area contributed by atoms with Crippen molar-refractivity contribution < 1.29 is 32.0 Å². The average molecular weight is 495 g/mol. The van der Waals surface area contributed by atoms with Gasteiger partial charge >= 0.3 is 15.2 Å². The van der Waals surface area contributed by atoms with Crippen molar-refractivity contribution in [1.82, 2.24) is 0 Å². The van der Waals surface area contributed by atoms with E-state index in [-0.39, 0.29) is 32.8 Å². The van der Waals surface area contributed by atoms with E-state index < -0.39 is 32.0 Å². The minimum Gasteiger partial charge on any atom is -0.307 e. The van der Waals surface area contributed by atoms with Crippen molar-refractivity contribution in [2.45, 2.75) is 52.1 Å². The Labute approximate surface area is 187 Å². The lowest BCUT2D eigenvalue weighted by Crippen LogP contribution is -2.33. The summed E-state index contributed by atoms with van der Waals surface area (Å²) >= 11 is 6.16. The van der Waals surface area contributed by atoms with Gasteiger partial charge in [0.15, 0.2) is 5.78 Å². The van der Waals surface area contributed by atoms with Crippen LogP contribution in [-0.4, -0.2) is 43.3 Å². The molecule has 12 heteroatoms. The fourth-order valence-corrected chi connectivity index (χ4v) is 8.76. The highest BCUT2D eigenvalue weighted by Crippen LogP contribution is 2.81. The van der Waals surface area contributed by atoms with Crippen LogP contribution in [0.1, 0.15) is 50.0 Å². The maximum Gasteiger partial charge on any atom is 0.372 e. The number of carbonyl (C=O) groups is 1. The van der Waals surface area contributed by atoms with Crippen LogP contribution in [0.15, 0.2) is 28.4 Å². The van der Waals surface area contributed by atoms with Crippen molar-refractivity contribution in [3.8, 4) is 0 Å². The van der Waals surface area contributed by atoms with Gasteiger partial charge < -0.3 is 18.1 Å². The highest BCUT2D eigenvalue weighted by molar-refractivity contribution is 7.74. The van der Waals surface area contributed by atoms with Crippen LogP contribution in [0.4, 0.5) is 0 Å². The molecule has 9 nitrogen and oxygen atoms in total. The van der Waals surface area contributed by atoms with E-state index in [1.807, 2.05) is 6.92 Å². The first-order chi connectivity index (χ1) is 14.6. The Bertz CT molecular complexity index is 875. The summed E-state index contributed by atoms with van der Waals surface area (Å²) in [6.07, 6.45) is -0.314. The molecule has 1 aromatic carbocycles. The van der Waals surface area contributed by atoms with Gasteiger partial charge in [0.05, 0.1) is 26.4 Å². The quantitative estimate of drug-likeness (QED) is 0.249. The number of rotatable bonds is 12. The molecule has 0 saturated carbocycles. The number of ketones is 1. The fourth-order valence-electron chi connectivity index (χ4n) is 3.24. The van der Waals surface area contributed by atoms with Gasteiger partial charge in [-0.1, -0.05) is 23.7 Å². The number of aryl methyl sites for hydroxylation is 1. The molecular formula is C19H29ClN2O7P2. The molecule has 1 aromatic rings. The Hall–Kier alpha value is -0.920. The predicted molar refractivity (Wildman–Crippen MR) is 118 cm³/mol. The monoisotopic (exact) mass is 494 g/mol. The third-order valence-corrected chi connectivity index (χ3v) is 11.2. The highest BCUT2D eigenvalue weighted by atomic mass is 35.5. The molecule has 2 rings (SSSR count). The van der Waals surface area contributed by atoms with Gasteiger partial charge in [-0.2, -0.15) is 10.2 Å². The summed E-state index contributed by atoms with van der Waals surface area (Å²) in [6, 6.07) is 3.78. The molecule has 0 amide bonds. The van der Waals surface area contributed by atoms with E-state index in [4.69, 9.17) is 29.7 Å². The number of halogens is 1. The van der Waals surface area contributed by atoms with Crippen LogP contribution in [-0.2, 0) is 27.2 Å². The van der Waals surface area contributed by atoms with Crippen LogP contribution in [0.2, 0.25) is 5.02 Å². The van der Waals surface area contributed by atoms with Gasteiger partial charge in [0, 0.05) is 17.0 Å². The Morgan fingerprint density at radius 2 is 1.52 bits per heavy atom. The van der Waals surface area contributed by atoms with E-state index in [0.29, 0.717) is 10.6 Å². The molecule has 0 saturated heterocycles. The molecular weight excluding hydrogens is 466 g/mol. The van der Waals surface area contributed by atoms with E-state index in [0.717, 1.165) is 5.56 Å². The summed E-state index contributed by atoms with van der Waals surface area (Å²) in [5.41, 5.74) is 1.12. The van der Waals surface area contributed by atoms with Crippen molar-refractivity contribution in [3.05, 3.63) is 34.3 Å². The van der Waals surface area contributed by atoms with Gasteiger partial charge in [-0.25, -0.2) is 0 Å². The zero-order valence-electron chi connectivity index (χ0n) is 18.4. The van der Waals surface area contributed by atoms with Crippen LogP contribution in [0.3, 0.4) is 0 Å². The molecule has 1 aliphatic rings. The van der Waals surface area contributed by atoms with Gasteiger partial charge in [0.25, 0.3) is 5.02 Å². The molecule has 1 heterocycles. The van der Waals surface area contributed by atoms with Gasteiger partial charge in [0.1, 0.15) is 6.04 Å². The summed E-state index contributed by atoms with van der Waals surface area (Å²) in [6.45, 7) is 8.29. The van der Waals surface area contributed by atoms with Crippen molar-refractivity contribution in [1.29, 1.82) is 0 Å². The number of hydrogen-bond donors (Lipinski definition) is 0. The van der Waals surface area contributed by atoms with Crippen LogP contribution < -0.4 is 0 Å².